The van der Waals surface area contributed by atoms with E-state index in [2.05, 4.69) is 137 Å². The lowest BCUT2D eigenvalue weighted by molar-refractivity contribution is -0.121. The lowest BCUT2D eigenvalue weighted by Gasteiger charge is -2.19. The standard InChI is InChI=1S/C60H92O4/c1-15-45(2)25-16-26-46(3)27-17-28-47(4)29-18-30-48(5)31-19-32-49(6)33-20-34-50(7)35-21-36-51(8)37-22-38-52(9)39-23-40-53(10)41-24-42-54(11)43-44-56-55(12)57(61)59(63-13)60(64-14)58(56)62/h25,27,29,31,33,35,37,39,41,43H,15-24,26,28,30,32,34,36,38,40,42,44H2,1-14H3/b45-25-,46-27-,47-29-,48-31-,49-33-,50-35-,51-37-,52-39-,53-41-,54-43+. The Bertz CT molecular complexity index is 1870. The van der Waals surface area contributed by atoms with Crippen molar-refractivity contribution in [1.29, 1.82) is 0 Å². The summed E-state index contributed by atoms with van der Waals surface area (Å²) >= 11 is 0. The molecule has 0 fully saturated rings. The van der Waals surface area contributed by atoms with Gasteiger partial charge in [-0.15, -0.1) is 0 Å². The van der Waals surface area contributed by atoms with Gasteiger partial charge in [-0.2, -0.15) is 0 Å². The number of hydrogen-bond donors (Lipinski definition) is 0. The second-order valence-corrected chi connectivity index (χ2v) is 18.7. The predicted molar refractivity (Wildman–Crippen MR) is 279 cm³/mol. The van der Waals surface area contributed by atoms with Crippen molar-refractivity contribution in [2.45, 2.75) is 212 Å². The van der Waals surface area contributed by atoms with Crippen molar-refractivity contribution in [1.82, 2.24) is 0 Å². The minimum Gasteiger partial charge on any atom is -0.489 e. The number of carbonyl (C=O) groups is 2. The maximum Gasteiger partial charge on any atom is 0.228 e. The molecular formula is C60H92O4. The van der Waals surface area contributed by atoms with Crippen molar-refractivity contribution in [3.8, 4) is 0 Å². The van der Waals surface area contributed by atoms with Crippen LogP contribution in [0.15, 0.2) is 139 Å². The monoisotopic (exact) mass is 877 g/mol. The average molecular weight is 877 g/mol. The van der Waals surface area contributed by atoms with E-state index in [9.17, 15) is 9.59 Å². The zero-order chi connectivity index (χ0) is 47.9. The molecule has 1 aliphatic carbocycles. The number of Topliss-reactive ketones (excluding diaryl/α,β-unsaturated/α-hetero) is 2. The molecule has 0 bridgehead atoms. The normalized spacial score (nSPS) is 16.2. The first-order valence-corrected chi connectivity index (χ1v) is 24.7. The highest BCUT2D eigenvalue weighted by atomic mass is 16.5. The molecule has 0 amide bonds. The molecule has 0 atom stereocenters. The van der Waals surface area contributed by atoms with Crippen molar-refractivity contribution in [3.05, 3.63) is 139 Å². The van der Waals surface area contributed by atoms with E-state index in [4.69, 9.17) is 9.47 Å². The van der Waals surface area contributed by atoms with E-state index in [0.717, 1.165) is 96.3 Å². The Morgan fingerprint density at radius 3 is 0.812 bits per heavy atom. The number of carbonyl (C=O) groups excluding carboxylic acids is 2. The minimum atomic E-state index is -0.284. The molecule has 1 rings (SSSR count). The van der Waals surface area contributed by atoms with Gasteiger partial charge in [0.2, 0.25) is 23.1 Å². The number of rotatable bonds is 32. The molecule has 0 aromatic heterocycles. The molecule has 0 N–H and O–H groups in total. The quantitative estimate of drug-likeness (QED) is 0.0499. The molecule has 356 valence electrons. The molecule has 0 aromatic carbocycles. The van der Waals surface area contributed by atoms with Crippen LogP contribution in [0.2, 0.25) is 0 Å². The number of ketones is 2. The Labute approximate surface area is 394 Å². The van der Waals surface area contributed by atoms with Gasteiger partial charge < -0.3 is 9.47 Å². The van der Waals surface area contributed by atoms with Crippen LogP contribution in [0, 0.1) is 0 Å². The second-order valence-electron chi connectivity index (χ2n) is 18.7. The molecule has 4 nitrogen and oxygen atoms in total. The summed E-state index contributed by atoms with van der Waals surface area (Å²) in [6, 6.07) is 0. The van der Waals surface area contributed by atoms with Gasteiger partial charge in [-0.1, -0.05) is 123 Å². The average Bonchev–Trinajstić information content (AvgIpc) is 3.24. The van der Waals surface area contributed by atoms with Crippen molar-refractivity contribution in [2.75, 3.05) is 14.2 Å². The van der Waals surface area contributed by atoms with Crippen LogP contribution in [0.5, 0.6) is 0 Å². The third kappa shape index (κ3) is 25.9. The third-order valence-electron chi connectivity index (χ3n) is 12.6. The lowest BCUT2D eigenvalue weighted by atomic mass is 9.90. The Hall–Kier alpha value is -4.18. The maximum absolute atomic E-state index is 12.9. The minimum absolute atomic E-state index is 0.00657. The molecule has 0 saturated carbocycles. The SMILES string of the molecule is CC/C(C)=C\CC/C(C)=C\CC/C(C)=C\CC/C(C)=C\CC/C(C)=C\CC/C(C)=C\CC/C(C)=C\CC/C(C)=C\CC/C(C)=C\CC/C(C)=C/CC1=C(C)C(=O)C(OC)=C(OC)C1=O. The van der Waals surface area contributed by atoms with Crippen LogP contribution in [-0.2, 0) is 19.1 Å². The summed E-state index contributed by atoms with van der Waals surface area (Å²) in [6.45, 7) is 26.5. The number of ether oxygens (including phenoxy) is 2. The van der Waals surface area contributed by atoms with E-state index in [0.29, 0.717) is 17.6 Å². The number of methoxy groups -OCH3 is 2. The summed E-state index contributed by atoms with van der Waals surface area (Å²) in [6.07, 6.45) is 45.5. The first-order valence-electron chi connectivity index (χ1n) is 24.7. The molecule has 64 heavy (non-hydrogen) atoms. The van der Waals surface area contributed by atoms with Crippen LogP contribution in [0.4, 0.5) is 0 Å². The zero-order valence-corrected chi connectivity index (χ0v) is 43.5. The Balaban J connectivity index is 2.30. The molecule has 0 aromatic rings. The van der Waals surface area contributed by atoms with Gasteiger partial charge in [0.25, 0.3) is 0 Å². The fourth-order valence-corrected chi connectivity index (χ4v) is 7.69. The van der Waals surface area contributed by atoms with Crippen LogP contribution in [0.1, 0.15) is 212 Å². The van der Waals surface area contributed by atoms with Gasteiger partial charge in [0.1, 0.15) is 0 Å². The zero-order valence-electron chi connectivity index (χ0n) is 43.5. The largest absolute Gasteiger partial charge is 0.489 e. The number of hydrogen-bond acceptors (Lipinski definition) is 4. The summed E-state index contributed by atoms with van der Waals surface area (Å²) < 4.78 is 10.3. The molecule has 0 aliphatic heterocycles. The fourth-order valence-electron chi connectivity index (χ4n) is 7.69. The molecular weight excluding hydrogens is 785 g/mol. The highest BCUT2D eigenvalue weighted by molar-refractivity contribution is 6.23. The van der Waals surface area contributed by atoms with E-state index in [1.165, 1.54) is 95.6 Å². The highest BCUT2D eigenvalue weighted by Crippen LogP contribution is 2.28. The summed E-state index contributed by atoms with van der Waals surface area (Å²) in [7, 11) is 2.78. The van der Waals surface area contributed by atoms with Gasteiger partial charge in [0, 0.05) is 11.1 Å². The molecule has 0 spiro atoms. The maximum atomic E-state index is 12.9. The van der Waals surface area contributed by atoms with Gasteiger partial charge in [-0.3, -0.25) is 9.59 Å². The second kappa shape index (κ2) is 34.2. The Kier molecular flexibility index (Phi) is 30.9. The Morgan fingerprint density at radius 1 is 0.359 bits per heavy atom. The van der Waals surface area contributed by atoms with Crippen LogP contribution < -0.4 is 0 Å². The number of allylic oxidation sites excluding steroid dienone is 22. The highest BCUT2D eigenvalue weighted by Gasteiger charge is 2.34. The molecule has 0 unspecified atom stereocenters. The fraction of sp³-hybridized carbons (Fsp3) is 0.567. The van der Waals surface area contributed by atoms with Crippen LogP contribution >= 0.6 is 0 Å². The summed E-state index contributed by atoms with van der Waals surface area (Å²) in [5.41, 5.74) is 15.6. The van der Waals surface area contributed by atoms with Gasteiger partial charge in [-0.05, 0) is 205 Å². The van der Waals surface area contributed by atoms with E-state index in [1.54, 1.807) is 6.92 Å². The van der Waals surface area contributed by atoms with E-state index in [-0.39, 0.29) is 23.1 Å². The van der Waals surface area contributed by atoms with Crippen LogP contribution in [0.25, 0.3) is 0 Å². The van der Waals surface area contributed by atoms with Gasteiger partial charge in [0.15, 0.2) is 0 Å². The first kappa shape index (κ1) is 57.8. The molecule has 4 heteroatoms. The van der Waals surface area contributed by atoms with Gasteiger partial charge in [0.05, 0.1) is 14.2 Å². The predicted octanol–water partition coefficient (Wildman–Crippen LogP) is 18.2. The van der Waals surface area contributed by atoms with Gasteiger partial charge >= 0.3 is 0 Å². The summed E-state index contributed by atoms with van der Waals surface area (Å²) in [4.78, 5) is 25.5. The van der Waals surface area contributed by atoms with E-state index in [1.807, 2.05) is 0 Å². The third-order valence-corrected chi connectivity index (χ3v) is 12.6. The first-order chi connectivity index (χ1) is 30.5. The van der Waals surface area contributed by atoms with Crippen molar-refractivity contribution in [2.24, 2.45) is 0 Å². The molecule has 0 heterocycles. The lowest BCUT2D eigenvalue weighted by Crippen LogP contribution is -2.24. The van der Waals surface area contributed by atoms with Crippen molar-refractivity contribution >= 4 is 11.6 Å². The molecule has 1 aliphatic rings. The van der Waals surface area contributed by atoms with E-state index >= 15 is 0 Å². The van der Waals surface area contributed by atoms with E-state index < -0.39 is 0 Å². The van der Waals surface area contributed by atoms with Crippen molar-refractivity contribution < 1.29 is 19.1 Å². The smallest absolute Gasteiger partial charge is 0.228 e. The summed E-state index contributed by atoms with van der Waals surface area (Å²) in [5, 5.41) is 0. The topological polar surface area (TPSA) is 52.6 Å². The van der Waals surface area contributed by atoms with Crippen LogP contribution in [0.3, 0.4) is 0 Å². The van der Waals surface area contributed by atoms with Crippen molar-refractivity contribution in [3.63, 3.8) is 0 Å². The van der Waals surface area contributed by atoms with Crippen LogP contribution in [-0.4, -0.2) is 25.8 Å². The molecule has 0 radical (unpaired) electrons. The molecule has 0 saturated heterocycles. The van der Waals surface area contributed by atoms with Gasteiger partial charge in [-0.25, -0.2) is 0 Å². The Morgan fingerprint density at radius 2 is 0.578 bits per heavy atom. The summed E-state index contributed by atoms with van der Waals surface area (Å²) in [5.74, 6) is -0.571.